The zero-order valence-electron chi connectivity index (χ0n) is 18.6. The van der Waals surface area contributed by atoms with Crippen molar-refractivity contribution in [2.45, 2.75) is 32.2 Å². The van der Waals surface area contributed by atoms with Gasteiger partial charge in [0, 0.05) is 19.7 Å². The van der Waals surface area contributed by atoms with Crippen LogP contribution < -0.4 is 4.80 Å². The molecule has 170 valence electrons. The molecule has 0 aliphatic heterocycles. The third-order valence-corrected chi connectivity index (χ3v) is 7.84. The molecular formula is C22H25N3O5S2. The number of esters is 1. The zero-order chi connectivity index (χ0) is 23.6. The van der Waals surface area contributed by atoms with E-state index < -0.39 is 21.9 Å². The summed E-state index contributed by atoms with van der Waals surface area (Å²) in [5, 5.41) is 0. The Hall–Kier alpha value is -2.82. The van der Waals surface area contributed by atoms with Crippen LogP contribution in [0.15, 0.2) is 46.3 Å². The van der Waals surface area contributed by atoms with E-state index in [0.29, 0.717) is 4.80 Å². The molecule has 0 fully saturated rings. The first kappa shape index (κ1) is 23.8. The standard InChI is InChI=1S/C22H25N3O5S2/c1-6-30-20(26)13-25-18-11-14(2)15(3)12-19(18)31-22(25)23-21(27)16-7-9-17(10-8-16)32(28,29)24(4)5/h7-12H,6,13H2,1-5H3. The molecule has 0 bridgehead atoms. The first-order chi connectivity index (χ1) is 15.0. The summed E-state index contributed by atoms with van der Waals surface area (Å²) >= 11 is 1.31. The second-order valence-corrected chi connectivity index (χ2v) is 10.6. The van der Waals surface area contributed by atoms with Crippen molar-refractivity contribution in [2.24, 2.45) is 4.99 Å². The van der Waals surface area contributed by atoms with Crippen molar-refractivity contribution in [3.63, 3.8) is 0 Å². The summed E-state index contributed by atoms with van der Waals surface area (Å²) in [5.41, 5.74) is 3.20. The molecule has 0 saturated heterocycles. The van der Waals surface area contributed by atoms with E-state index in [-0.39, 0.29) is 23.6 Å². The third kappa shape index (κ3) is 4.82. The van der Waals surface area contributed by atoms with Gasteiger partial charge < -0.3 is 9.30 Å². The monoisotopic (exact) mass is 475 g/mol. The molecule has 10 heteroatoms. The largest absolute Gasteiger partial charge is 0.465 e. The maximum atomic E-state index is 12.8. The lowest BCUT2D eigenvalue weighted by atomic mass is 10.1. The molecule has 1 amide bonds. The summed E-state index contributed by atoms with van der Waals surface area (Å²) in [7, 11) is -0.709. The molecule has 0 atom stereocenters. The minimum Gasteiger partial charge on any atom is -0.465 e. The van der Waals surface area contributed by atoms with Crippen LogP contribution in [0.2, 0.25) is 0 Å². The Bertz CT molecular complexity index is 1350. The number of benzene rings is 2. The summed E-state index contributed by atoms with van der Waals surface area (Å²) in [4.78, 5) is 29.7. The van der Waals surface area contributed by atoms with Crippen LogP contribution in [-0.2, 0) is 26.1 Å². The summed E-state index contributed by atoms with van der Waals surface area (Å²) < 4.78 is 33.2. The Morgan fingerprint density at radius 2 is 1.72 bits per heavy atom. The molecule has 2 aromatic carbocycles. The summed E-state index contributed by atoms with van der Waals surface area (Å²) in [6.45, 7) is 5.90. The molecule has 0 saturated carbocycles. The molecule has 0 unspecified atom stereocenters. The van der Waals surface area contributed by atoms with E-state index in [1.165, 1.54) is 49.7 Å². The second-order valence-electron chi connectivity index (χ2n) is 7.41. The van der Waals surface area contributed by atoms with Crippen LogP contribution in [0.4, 0.5) is 0 Å². The van der Waals surface area contributed by atoms with E-state index in [9.17, 15) is 18.0 Å². The number of aryl methyl sites for hydroxylation is 2. The van der Waals surface area contributed by atoms with Gasteiger partial charge in [-0.3, -0.25) is 9.59 Å². The van der Waals surface area contributed by atoms with Crippen LogP contribution in [0.3, 0.4) is 0 Å². The number of sulfonamides is 1. The highest BCUT2D eigenvalue weighted by molar-refractivity contribution is 7.89. The van der Waals surface area contributed by atoms with Crippen molar-refractivity contribution in [1.29, 1.82) is 0 Å². The molecule has 0 radical (unpaired) electrons. The quantitative estimate of drug-likeness (QED) is 0.511. The Labute approximate surface area is 190 Å². The Morgan fingerprint density at radius 1 is 1.09 bits per heavy atom. The molecule has 0 N–H and O–H groups in total. The van der Waals surface area contributed by atoms with Crippen molar-refractivity contribution >= 4 is 43.5 Å². The van der Waals surface area contributed by atoms with Crippen molar-refractivity contribution in [3.05, 3.63) is 57.9 Å². The Morgan fingerprint density at radius 3 is 2.31 bits per heavy atom. The minimum absolute atomic E-state index is 0.0670. The molecule has 3 aromatic rings. The van der Waals surface area contributed by atoms with E-state index in [0.717, 1.165) is 25.6 Å². The van der Waals surface area contributed by atoms with Gasteiger partial charge in [-0.25, -0.2) is 12.7 Å². The van der Waals surface area contributed by atoms with E-state index in [4.69, 9.17) is 4.74 Å². The normalized spacial score (nSPS) is 12.5. The van der Waals surface area contributed by atoms with Crippen LogP contribution in [0.5, 0.6) is 0 Å². The van der Waals surface area contributed by atoms with Gasteiger partial charge in [0.25, 0.3) is 5.91 Å². The number of carbonyl (C=O) groups is 2. The molecule has 1 aromatic heterocycles. The zero-order valence-corrected chi connectivity index (χ0v) is 20.2. The first-order valence-electron chi connectivity index (χ1n) is 9.92. The lowest BCUT2D eigenvalue weighted by Crippen LogP contribution is -2.23. The lowest BCUT2D eigenvalue weighted by molar-refractivity contribution is -0.143. The maximum absolute atomic E-state index is 12.8. The van der Waals surface area contributed by atoms with Crippen molar-refractivity contribution in [3.8, 4) is 0 Å². The van der Waals surface area contributed by atoms with Gasteiger partial charge in [0.1, 0.15) is 6.54 Å². The van der Waals surface area contributed by atoms with Crippen LogP contribution in [0.25, 0.3) is 10.2 Å². The number of thiazole rings is 1. The molecule has 32 heavy (non-hydrogen) atoms. The molecule has 1 heterocycles. The van der Waals surface area contributed by atoms with Crippen LogP contribution >= 0.6 is 11.3 Å². The summed E-state index contributed by atoms with van der Waals surface area (Å²) in [6, 6.07) is 9.58. The number of rotatable bonds is 6. The smallest absolute Gasteiger partial charge is 0.326 e. The maximum Gasteiger partial charge on any atom is 0.326 e. The summed E-state index contributed by atoms with van der Waals surface area (Å²) in [6.07, 6.45) is 0. The number of hydrogen-bond acceptors (Lipinski definition) is 6. The molecule has 0 aliphatic carbocycles. The van der Waals surface area contributed by atoms with Gasteiger partial charge in [-0.15, -0.1) is 0 Å². The van der Waals surface area contributed by atoms with E-state index in [2.05, 4.69) is 4.99 Å². The lowest BCUT2D eigenvalue weighted by Gasteiger charge is -2.11. The average Bonchev–Trinajstić information content (AvgIpc) is 3.04. The highest BCUT2D eigenvalue weighted by Crippen LogP contribution is 2.22. The van der Waals surface area contributed by atoms with Crippen molar-refractivity contribution in [2.75, 3.05) is 20.7 Å². The predicted octanol–water partition coefficient (Wildman–Crippen LogP) is 2.87. The highest BCUT2D eigenvalue weighted by atomic mass is 32.2. The number of aromatic nitrogens is 1. The number of fused-ring (bicyclic) bond motifs is 1. The molecule has 0 spiro atoms. The fraction of sp³-hybridized carbons (Fsp3) is 0.318. The summed E-state index contributed by atoms with van der Waals surface area (Å²) in [5.74, 6) is -0.950. The number of carbonyl (C=O) groups excluding carboxylic acids is 2. The first-order valence-corrected chi connectivity index (χ1v) is 12.2. The van der Waals surface area contributed by atoms with Crippen molar-refractivity contribution in [1.82, 2.24) is 8.87 Å². The topological polar surface area (TPSA) is 98.0 Å². The minimum atomic E-state index is -3.59. The predicted molar refractivity (Wildman–Crippen MR) is 123 cm³/mol. The molecule has 3 rings (SSSR count). The van der Waals surface area contributed by atoms with Gasteiger partial charge in [-0.05, 0) is 68.3 Å². The Balaban J connectivity index is 2.06. The fourth-order valence-electron chi connectivity index (χ4n) is 3.03. The van der Waals surface area contributed by atoms with Gasteiger partial charge in [-0.2, -0.15) is 4.99 Å². The van der Waals surface area contributed by atoms with E-state index in [1.807, 2.05) is 26.0 Å². The highest BCUT2D eigenvalue weighted by Gasteiger charge is 2.18. The Kier molecular flexibility index (Phi) is 6.97. The number of hydrogen-bond donors (Lipinski definition) is 0. The average molecular weight is 476 g/mol. The number of amides is 1. The fourth-order valence-corrected chi connectivity index (χ4v) is 5.04. The van der Waals surface area contributed by atoms with Gasteiger partial charge >= 0.3 is 5.97 Å². The molecule has 8 nitrogen and oxygen atoms in total. The van der Waals surface area contributed by atoms with Gasteiger partial charge in [0.2, 0.25) is 10.0 Å². The van der Waals surface area contributed by atoms with Crippen LogP contribution in [-0.4, -0.2) is 49.9 Å². The number of ether oxygens (including phenoxy) is 1. The van der Waals surface area contributed by atoms with Gasteiger partial charge in [0.15, 0.2) is 4.80 Å². The second kappa shape index (κ2) is 9.35. The van der Waals surface area contributed by atoms with E-state index in [1.54, 1.807) is 11.5 Å². The molecular weight excluding hydrogens is 450 g/mol. The SMILES string of the molecule is CCOC(=O)Cn1c(=NC(=O)c2ccc(S(=O)(=O)N(C)C)cc2)sc2cc(C)c(C)cc21. The number of nitrogens with zero attached hydrogens (tertiary/aromatic N) is 3. The third-order valence-electron chi connectivity index (χ3n) is 4.97. The van der Waals surface area contributed by atoms with Crippen LogP contribution in [0.1, 0.15) is 28.4 Å². The van der Waals surface area contributed by atoms with Gasteiger partial charge in [-0.1, -0.05) is 11.3 Å². The van der Waals surface area contributed by atoms with Gasteiger partial charge in [0.05, 0.1) is 21.7 Å². The van der Waals surface area contributed by atoms with Crippen LogP contribution in [0, 0.1) is 13.8 Å². The van der Waals surface area contributed by atoms with E-state index >= 15 is 0 Å². The van der Waals surface area contributed by atoms with Crippen molar-refractivity contribution < 1.29 is 22.7 Å². The molecule has 0 aliphatic rings.